The van der Waals surface area contributed by atoms with Gasteiger partial charge in [0.15, 0.2) is 0 Å². The molecule has 2 N–H and O–H groups in total. The lowest BCUT2D eigenvalue weighted by Crippen LogP contribution is -2.46. The second kappa shape index (κ2) is 9.38. The Labute approximate surface area is 170 Å². The summed E-state index contributed by atoms with van der Waals surface area (Å²) in [6.07, 6.45) is -3.67. The summed E-state index contributed by atoms with van der Waals surface area (Å²) in [6.45, 7) is 1.72. The molecular formula is C19H23F3N2O4S. The van der Waals surface area contributed by atoms with Crippen molar-refractivity contribution in [3.05, 3.63) is 29.3 Å². The highest BCUT2D eigenvalue weighted by molar-refractivity contribution is 7.18. The van der Waals surface area contributed by atoms with Crippen LogP contribution >= 0.6 is 11.3 Å². The standard InChI is InChI=1S/C19H23F3N2O4S/c20-19(21,22)18(26,17-24-14-6-1-2-7-15(14)29-17)11-16(25)23-8-4-9-27-12-13-5-3-10-28-13/h1-2,6-7,13,26H,3-5,8-12H2,(H,23,25). The normalized spacial score (nSPS) is 19.4. The van der Waals surface area contributed by atoms with Gasteiger partial charge in [-0.1, -0.05) is 12.1 Å². The molecule has 1 aliphatic rings. The van der Waals surface area contributed by atoms with E-state index in [4.69, 9.17) is 9.47 Å². The number of hydrogen-bond donors (Lipinski definition) is 2. The van der Waals surface area contributed by atoms with E-state index in [-0.39, 0.29) is 12.6 Å². The summed E-state index contributed by atoms with van der Waals surface area (Å²) < 4.78 is 52.2. The Morgan fingerprint density at radius 1 is 1.38 bits per heavy atom. The quantitative estimate of drug-likeness (QED) is 0.595. The number of carbonyl (C=O) groups excluding carboxylic acids is 1. The van der Waals surface area contributed by atoms with Gasteiger partial charge in [0.2, 0.25) is 11.5 Å². The van der Waals surface area contributed by atoms with Crippen LogP contribution in [0, 0.1) is 0 Å². The van der Waals surface area contributed by atoms with E-state index in [0.717, 1.165) is 30.8 Å². The molecule has 2 heterocycles. The van der Waals surface area contributed by atoms with Crippen molar-refractivity contribution >= 4 is 27.5 Å². The highest BCUT2D eigenvalue weighted by Crippen LogP contribution is 2.44. The van der Waals surface area contributed by atoms with Crippen LogP contribution in [0.2, 0.25) is 0 Å². The number of hydrogen-bond acceptors (Lipinski definition) is 6. The van der Waals surface area contributed by atoms with Crippen LogP contribution in [0.15, 0.2) is 24.3 Å². The zero-order valence-electron chi connectivity index (χ0n) is 15.7. The number of alkyl halides is 3. The van der Waals surface area contributed by atoms with Crippen LogP contribution in [-0.2, 0) is 19.9 Å². The van der Waals surface area contributed by atoms with Gasteiger partial charge in [-0.15, -0.1) is 11.3 Å². The summed E-state index contributed by atoms with van der Waals surface area (Å²) in [6, 6.07) is 6.49. The number of fused-ring (bicyclic) bond motifs is 1. The predicted molar refractivity (Wildman–Crippen MR) is 102 cm³/mol. The summed E-state index contributed by atoms with van der Waals surface area (Å²) in [5, 5.41) is 12.2. The number of carbonyl (C=O) groups is 1. The van der Waals surface area contributed by atoms with Gasteiger partial charge in [-0.25, -0.2) is 4.98 Å². The summed E-state index contributed by atoms with van der Waals surface area (Å²) in [4.78, 5) is 16.0. The molecule has 160 valence electrons. The van der Waals surface area contributed by atoms with Crippen LogP contribution in [0.5, 0.6) is 0 Å². The minimum atomic E-state index is -5.04. The molecule has 1 fully saturated rings. The average molecular weight is 432 g/mol. The fraction of sp³-hybridized carbons (Fsp3) is 0.579. The first kappa shape index (κ1) is 21.9. The monoisotopic (exact) mass is 432 g/mol. The molecule has 0 spiro atoms. The van der Waals surface area contributed by atoms with Gasteiger partial charge in [-0.2, -0.15) is 13.2 Å². The van der Waals surface area contributed by atoms with Crippen molar-refractivity contribution in [1.82, 2.24) is 10.3 Å². The highest BCUT2D eigenvalue weighted by Gasteiger charge is 2.58. The lowest BCUT2D eigenvalue weighted by atomic mass is 9.99. The Morgan fingerprint density at radius 3 is 2.86 bits per heavy atom. The van der Waals surface area contributed by atoms with E-state index in [9.17, 15) is 23.1 Å². The first-order chi connectivity index (χ1) is 13.8. The Kier molecular flexibility index (Phi) is 7.10. The summed E-state index contributed by atoms with van der Waals surface area (Å²) in [7, 11) is 0. The topological polar surface area (TPSA) is 80.7 Å². The van der Waals surface area contributed by atoms with Crippen molar-refractivity contribution in [3.63, 3.8) is 0 Å². The van der Waals surface area contributed by atoms with Crippen molar-refractivity contribution < 1.29 is 32.5 Å². The number of ether oxygens (including phenoxy) is 2. The first-order valence-electron chi connectivity index (χ1n) is 9.41. The largest absolute Gasteiger partial charge is 0.424 e. The van der Waals surface area contributed by atoms with Gasteiger partial charge in [-0.05, 0) is 31.4 Å². The SMILES string of the molecule is O=C(CC(O)(c1nc2ccccc2s1)C(F)(F)F)NCCCOCC1CCCO1. The minimum Gasteiger partial charge on any atom is -0.379 e. The molecule has 0 bridgehead atoms. The Hall–Kier alpha value is -1.75. The maximum atomic E-state index is 13.6. The van der Waals surface area contributed by atoms with Crippen molar-refractivity contribution in [2.75, 3.05) is 26.4 Å². The number of halogens is 3. The Bertz CT molecular complexity index is 790. The van der Waals surface area contributed by atoms with Crippen LogP contribution in [0.1, 0.15) is 30.7 Å². The van der Waals surface area contributed by atoms with Gasteiger partial charge in [0.1, 0.15) is 5.01 Å². The lowest BCUT2D eigenvalue weighted by Gasteiger charge is -2.27. The molecule has 10 heteroatoms. The predicted octanol–water partition coefficient (Wildman–Crippen LogP) is 3.14. The summed E-state index contributed by atoms with van der Waals surface area (Å²) in [5.41, 5.74) is -2.99. The van der Waals surface area contributed by atoms with Crippen LogP contribution in [0.25, 0.3) is 10.2 Å². The Balaban J connectivity index is 1.52. The van der Waals surface area contributed by atoms with E-state index in [2.05, 4.69) is 10.3 Å². The van der Waals surface area contributed by atoms with Crippen molar-refractivity contribution in [1.29, 1.82) is 0 Å². The average Bonchev–Trinajstić information content (AvgIpc) is 3.33. The fourth-order valence-corrected chi connectivity index (χ4v) is 4.11. The summed E-state index contributed by atoms with van der Waals surface area (Å²) in [5.74, 6) is -0.900. The molecule has 29 heavy (non-hydrogen) atoms. The third kappa shape index (κ3) is 5.44. The first-order valence-corrected chi connectivity index (χ1v) is 10.2. The van der Waals surface area contributed by atoms with Gasteiger partial charge in [0.25, 0.3) is 0 Å². The number of amides is 1. The maximum absolute atomic E-state index is 13.6. The molecule has 2 aromatic rings. The number of rotatable bonds is 9. The molecular weight excluding hydrogens is 409 g/mol. The van der Waals surface area contributed by atoms with Gasteiger partial charge >= 0.3 is 6.18 Å². The molecule has 0 radical (unpaired) electrons. The highest BCUT2D eigenvalue weighted by atomic mass is 32.1. The van der Waals surface area contributed by atoms with Crippen LogP contribution in [0.3, 0.4) is 0 Å². The van der Waals surface area contributed by atoms with Gasteiger partial charge in [0.05, 0.1) is 29.3 Å². The van der Waals surface area contributed by atoms with Crippen LogP contribution in [0.4, 0.5) is 13.2 Å². The number of benzene rings is 1. The molecule has 1 aromatic carbocycles. The van der Waals surface area contributed by atoms with Gasteiger partial charge in [0, 0.05) is 19.8 Å². The molecule has 1 aromatic heterocycles. The number of aliphatic hydroxyl groups is 1. The molecule has 1 amide bonds. The molecule has 2 atom stereocenters. The molecule has 6 nitrogen and oxygen atoms in total. The zero-order chi connectivity index (χ0) is 20.9. The molecule has 3 rings (SSSR count). The summed E-state index contributed by atoms with van der Waals surface area (Å²) >= 11 is 0.727. The van der Waals surface area contributed by atoms with E-state index in [1.165, 1.54) is 0 Å². The minimum absolute atomic E-state index is 0.0974. The van der Waals surface area contributed by atoms with E-state index in [1.54, 1.807) is 24.3 Å². The smallest absolute Gasteiger partial charge is 0.379 e. The van der Waals surface area contributed by atoms with E-state index < -0.39 is 29.1 Å². The maximum Gasteiger partial charge on any atom is 0.424 e. The molecule has 0 aliphatic carbocycles. The Morgan fingerprint density at radius 2 is 2.17 bits per heavy atom. The van der Waals surface area contributed by atoms with Gasteiger partial charge in [-0.3, -0.25) is 4.79 Å². The fourth-order valence-electron chi connectivity index (χ4n) is 3.03. The molecule has 1 saturated heterocycles. The van der Waals surface area contributed by atoms with Crippen LogP contribution in [-0.4, -0.2) is 54.6 Å². The van der Waals surface area contributed by atoms with Crippen LogP contribution < -0.4 is 5.32 Å². The number of nitrogens with one attached hydrogen (secondary N) is 1. The van der Waals surface area contributed by atoms with E-state index in [0.29, 0.717) is 29.9 Å². The molecule has 1 aliphatic heterocycles. The van der Waals surface area contributed by atoms with Crippen molar-refractivity contribution in [3.8, 4) is 0 Å². The molecule has 0 saturated carbocycles. The third-order valence-corrected chi connectivity index (χ3v) is 5.84. The number of aromatic nitrogens is 1. The van der Waals surface area contributed by atoms with Crippen molar-refractivity contribution in [2.45, 2.75) is 43.6 Å². The number of nitrogens with zero attached hydrogens (tertiary/aromatic N) is 1. The number of thiazole rings is 1. The van der Waals surface area contributed by atoms with E-state index >= 15 is 0 Å². The third-order valence-electron chi connectivity index (χ3n) is 4.65. The molecule has 2 unspecified atom stereocenters. The zero-order valence-corrected chi connectivity index (χ0v) is 16.5. The van der Waals surface area contributed by atoms with Crippen molar-refractivity contribution in [2.24, 2.45) is 0 Å². The second-order valence-corrected chi connectivity index (χ2v) is 7.97. The second-order valence-electron chi connectivity index (χ2n) is 6.94. The number of para-hydroxylation sites is 1. The van der Waals surface area contributed by atoms with Gasteiger partial charge < -0.3 is 19.9 Å². The lowest BCUT2D eigenvalue weighted by molar-refractivity contribution is -0.267. The van der Waals surface area contributed by atoms with E-state index in [1.807, 2.05) is 0 Å².